The van der Waals surface area contributed by atoms with E-state index in [0.717, 1.165) is 17.0 Å². The predicted octanol–water partition coefficient (Wildman–Crippen LogP) is 1.33. The predicted molar refractivity (Wildman–Crippen MR) is 77.7 cm³/mol. The number of hydrogen-bond acceptors (Lipinski definition) is 6. The van der Waals surface area contributed by atoms with Crippen molar-refractivity contribution in [2.75, 3.05) is 5.32 Å². The lowest BCUT2D eigenvalue weighted by atomic mass is 10.3. The molecule has 0 radical (unpaired) electrons. The quantitative estimate of drug-likeness (QED) is 0.740. The highest BCUT2D eigenvalue weighted by Gasteiger charge is 2.11. The fourth-order valence-electron chi connectivity index (χ4n) is 1.73. The molecule has 0 aliphatic rings. The molecule has 0 unspecified atom stereocenters. The van der Waals surface area contributed by atoms with Gasteiger partial charge < -0.3 is 5.32 Å². The minimum absolute atomic E-state index is 0.00725. The van der Waals surface area contributed by atoms with E-state index in [2.05, 4.69) is 30.9 Å². The fourth-order valence-corrected chi connectivity index (χ4v) is 2.38. The molecule has 3 rings (SSSR count). The van der Waals surface area contributed by atoms with E-state index in [-0.39, 0.29) is 12.5 Å². The molecule has 8 nitrogen and oxygen atoms in total. The lowest BCUT2D eigenvalue weighted by Gasteiger charge is -1.99. The van der Waals surface area contributed by atoms with Crippen LogP contribution in [0.5, 0.6) is 0 Å². The molecule has 0 aliphatic carbocycles. The second-order valence-electron chi connectivity index (χ2n) is 4.30. The standard InChI is InChI=1S/C12H13N7OS/c1-2-8-6-10(15-14-8)13-11(20)7-19-17-12(16-18-19)9-4-3-5-21-9/h3-6H,2,7H2,1H3,(H2,13,14,15,20). The third-order valence-electron chi connectivity index (χ3n) is 2.76. The lowest BCUT2D eigenvalue weighted by Crippen LogP contribution is -2.20. The van der Waals surface area contributed by atoms with Gasteiger partial charge in [0.25, 0.3) is 0 Å². The summed E-state index contributed by atoms with van der Waals surface area (Å²) >= 11 is 1.52. The minimum Gasteiger partial charge on any atom is -0.308 e. The molecular formula is C12H13N7OS. The Balaban J connectivity index is 1.62. The number of carbonyl (C=O) groups is 1. The number of thiophene rings is 1. The molecule has 108 valence electrons. The van der Waals surface area contributed by atoms with Crippen LogP contribution >= 0.6 is 11.3 Å². The maximum absolute atomic E-state index is 11.9. The molecule has 0 bridgehead atoms. The van der Waals surface area contributed by atoms with Crippen LogP contribution in [0.4, 0.5) is 5.82 Å². The molecule has 0 atom stereocenters. The highest BCUT2D eigenvalue weighted by molar-refractivity contribution is 7.13. The van der Waals surface area contributed by atoms with E-state index < -0.39 is 0 Å². The van der Waals surface area contributed by atoms with Crippen LogP contribution in [0.1, 0.15) is 12.6 Å². The summed E-state index contributed by atoms with van der Waals surface area (Å²) in [5, 5.41) is 23.4. The molecule has 0 aromatic carbocycles. The van der Waals surface area contributed by atoms with Gasteiger partial charge in [-0.15, -0.1) is 21.5 Å². The number of rotatable bonds is 5. The maximum Gasteiger partial charge on any atom is 0.249 e. The number of hydrogen-bond donors (Lipinski definition) is 2. The zero-order chi connectivity index (χ0) is 14.7. The maximum atomic E-state index is 11.9. The molecule has 3 aromatic heterocycles. The van der Waals surface area contributed by atoms with Gasteiger partial charge in [0.2, 0.25) is 11.7 Å². The summed E-state index contributed by atoms with van der Waals surface area (Å²) in [5.41, 5.74) is 0.962. The van der Waals surface area contributed by atoms with Crippen molar-refractivity contribution in [2.24, 2.45) is 0 Å². The largest absolute Gasteiger partial charge is 0.308 e. The Labute approximate surface area is 124 Å². The highest BCUT2D eigenvalue weighted by Crippen LogP contribution is 2.19. The zero-order valence-electron chi connectivity index (χ0n) is 11.3. The van der Waals surface area contributed by atoms with Crippen LogP contribution in [0.3, 0.4) is 0 Å². The average molecular weight is 303 g/mol. The number of aromatic amines is 1. The lowest BCUT2D eigenvalue weighted by molar-refractivity contribution is -0.117. The van der Waals surface area contributed by atoms with E-state index in [4.69, 9.17) is 0 Å². The Morgan fingerprint density at radius 3 is 3.14 bits per heavy atom. The van der Waals surface area contributed by atoms with Crippen molar-refractivity contribution in [3.05, 3.63) is 29.3 Å². The summed E-state index contributed by atoms with van der Waals surface area (Å²) in [5.74, 6) is 0.764. The number of aromatic nitrogens is 6. The first-order chi connectivity index (χ1) is 10.2. The van der Waals surface area contributed by atoms with Gasteiger partial charge in [0, 0.05) is 11.8 Å². The Bertz CT molecular complexity index is 730. The molecular weight excluding hydrogens is 290 g/mol. The molecule has 0 aliphatic heterocycles. The molecule has 0 saturated carbocycles. The van der Waals surface area contributed by atoms with E-state index in [1.165, 1.54) is 16.1 Å². The number of tetrazole rings is 1. The third kappa shape index (κ3) is 3.14. The van der Waals surface area contributed by atoms with Crippen LogP contribution < -0.4 is 5.32 Å². The topological polar surface area (TPSA) is 101 Å². The average Bonchev–Trinajstić information content (AvgIpc) is 3.19. The molecule has 21 heavy (non-hydrogen) atoms. The number of aryl methyl sites for hydroxylation is 1. The van der Waals surface area contributed by atoms with Crippen molar-refractivity contribution in [2.45, 2.75) is 19.9 Å². The number of anilines is 1. The van der Waals surface area contributed by atoms with Crippen molar-refractivity contribution in [3.8, 4) is 10.7 Å². The van der Waals surface area contributed by atoms with E-state index in [9.17, 15) is 4.79 Å². The SMILES string of the molecule is CCc1cc(NC(=O)Cn2nnc(-c3cccs3)n2)n[nH]1. The van der Waals surface area contributed by atoms with Gasteiger partial charge >= 0.3 is 0 Å². The van der Waals surface area contributed by atoms with Crippen LogP contribution in [0.15, 0.2) is 23.6 Å². The van der Waals surface area contributed by atoms with Gasteiger partial charge in [-0.25, -0.2) is 0 Å². The molecule has 3 aromatic rings. The fraction of sp³-hybridized carbons (Fsp3) is 0.250. The zero-order valence-corrected chi connectivity index (χ0v) is 12.1. The van der Waals surface area contributed by atoms with Crippen LogP contribution in [0, 0.1) is 0 Å². The second kappa shape index (κ2) is 5.83. The minimum atomic E-state index is -0.251. The first kappa shape index (κ1) is 13.4. The van der Waals surface area contributed by atoms with Gasteiger partial charge in [-0.05, 0) is 23.1 Å². The number of carbonyl (C=O) groups excluding carboxylic acids is 1. The Kier molecular flexibility index (Phi) is 3.73. The molecule has 0 saturated heterocycles. The van der Waals surface area contributed by atoms with Crippen molar-refractivity contribution < 1.29 is 4.79 Å². The molecule has 9 heteroatoms. The summed E-state index contributed by atoms with van der Waals surface area (Å²) in [6.45, 7) is 2.00. The first-order valence-corrected chi connectivity index (χ1v) is 7.28. The van der Waals surface area contributed by atoms with Crippen molar-refractivity contribution in [3.63, 3.8) is 0 Å². The van der Waals surface area contributed by atoms with Crippen molar-refractivity contribution in [1.29, 1.82) is 0 Å². The van der Waals surface area contributed by atoms with E-state index in [1.807, 2.05) is 24.4 Å². The number of nitrogens with one attached hydrogen (secondary N) is 2. The van der Waals surface area contributed by atoms with E-state index in [0.29, 0.717) is 11.6 Å². The van der Waals surface area contributed by atoms with Crippen LogP contribution in [0.2, 0.25) is 0 Å². The van der Waals surface area contributed by atoms with Gasteiger partial charge in [0.1, 0.15) is 6.54 Å². The van der Waals surface area contributed by atoms with Crippen molar-refractivity contribution in [1.82, 2.24) is 30.4 Å². The van der Waals surface area contributed by atoms with E-state index >= 15 is 0 Å². The molecule has 0 fully saturated rings. The summed E-state index contributed by atoms with van der Waals surface area (Å²) in [7, 11) is 0. The van der Waals surface area contributed by atoms with Gasteiger partial charge in [0.15, 0.2) is 5.82 Å². The smallest absolute Gasteiger partial charge is 0.249 e. The monoisotopic (exact) mass is 303 g/mol. The van der Waals surface area contributed by atoms with E-state index in [1.54, 1.807) is 6.07 Å². The molecule has 3 heterocycles. The second-order valence-corrected chi connectivity index (χ2v) is 5.25. The number of nitrogens with zero attached hydrogens (tertiary/aromatic N) is 5. The Hall–Kier alpha value is -2.55. The number of H-pyrrole nitrogens is 1. The molecule has 0 spiro atoms. The normalized spacial score (nSPS) is 10.7. The summed E-state index contributed by atoms with van der Waals surface area (Å²) in [6, 6.07) is 5.61. The van der Waals surface area contributed by atoms with Gasteiger partial charge in [-0.3, -0.25) is 9.89 Å². The third-order valence-corrected chi connectivity index (χ3v) is 3.62. The molecule has 1 amide bonds. The van der Waals surface area contributed by atoms with Gasteiger partial charge in [0.05, 0.1) is 4.88 Å². The number of amides is 1. The van der Waals surface area contributed by atoms with Gasteiger partial charge in [-0.1, -0.05) is 13.0 Å². The van der Waals surface area contributed by atoms with Crippen LogP contribution in [0.25, 0.3) is 10.7 Å². The first-order valence-electron chi connectivity index (χ1n) is 6.40. The van der Waals surface area contributed by atoms with Crippen LogP contribution in [-0.4, -0.2) is 36.3 Å². The van der Waals surface area contributed by atoms with Gasteiger partial charge in [-0.2, -0.15) is 9.90 Å². The highest BCUT2D eigenvalue weighted by atomic mass is 32.1. The Morgan fingerprint density at radius 1 is 1.52 bits per heavy atom. The Morgan fingerprint density at radius 2 is 2.43 bits per heavy atom. The summed E-state index contributed by atoms with van der Waals surface area (Å²) < 4.78 is 0. The summed E-state index contributed by atoms with van der Waals surface area (Å²) in [6.07, 6.45) is 0.831. The summed E-state index contributed by atoms with van der Waals surface area (Å²) in [4.78, 5) is 14.1. The van der Waals surface area contributed by atoms with Crippen molar-refractivity contribution >= 4 is 23.1 Å². The van der Waals surface area contributed by atoms with Crippen LogP contribution in [-0.2, 0) is 17.8 Å². The molecule has 2 N–H and O–H groups in total.